The molecular weight excluding hydrogens is 469 g/mol. The van der Waals surface area contributed by atoms with E-state index in [1.165, 1.54) is 13.8 Å². The van der Waals surface area contributed by atoms with E-state index in [1.807, 2.05) is 20.8 Å². The maximum atomic E-state index is 11.9. The molecule has 4 atom stereocenters. The van der Waals surface area contributed by atoms with Crippen molar-refractivity contribution in [2.75, 3.05) is 11.2 Å². The highest BCUT2D eigenvalue weighted by Gasteiger charge is 2.50. The zero-order valence-corrected chi connectivity index (χ0v) is 20.0. The predicted molar refractivity (Wildman–Crippen MR) is 119 cm³/mol. The van der Waals surface area contributed by atoms with Gasteiger partial charge in [-0.25, -0.2) is 4.98 Å². The van der Waals surface area contributed by atoms with E-state index in [0.717, 1.165) is 0 Å². The highest BCUT2D eigenvalue weighted by molar-refractivity contribution is 6.42. The van der Waals surface area contributed by atoms with Crippen molar-refractivity contribution in [3.05, 3.63) is 22.2 Å². The number of esters is 2. The molecule has 0 amide bonds. The number of alkyl halides is 1. The first-order valence-electron chi connectivity index (χ1n) is 9.62. The Morgan fingerprint density at radius 2 is 1.71 bits per heavy atom. The highest BCUT2D eigenvalue weighted by atomic mass is 35.5. The Hall–Kier alpha value is -1.74. The number of rotatable bonds is 5. The summed E-state index contributed by atoms with van der Waals surface area (Å²) in [5, 5.41) is 3.99. The summed E-state index contributed by atoms with van der Waals surface area (Å²) in [6.45, 7) is 8.45. The van der Waals surface area contributed by atoms with Gasteiger partial charge >= 0.3 is 11.9 Å². The largest absolute Gasteiger partial charge is 0.456 e. The topological polar surface area (TPSA) is 91.7 Å². The van der Waals surface area contributed by atoms with Gasteiger partial charge in [-0.15, -0.1) is 11.6 Å². The molecule has 31 heavy (non-hydrogen) atoms. The highest BCUT2D eigenvalue weighted by Crippen LogP contribution is 2.40. The van der Waals surface area contributed by atoms with Crippen molar-refractivity contribution in [3.8, 4) is 0 Å². The quantitative estimate of drug-likeness (QED) is 0.483. The van der Waals surface area contributed by atoms with Crippen LogP contribution in [0.25, 0.3) is 11.0 Å². The maximum Gasteiger partial charge on any atom is 0.303 e. The van der Waals surface area contributed by atoms with Crippen LogP contribution in [-0.2, 0) is 23.8 Å². The van der Waals surface area contributed by atoms with Gasteiger partial charge in [-0.2, -0.15) is 0 Å². The van der Waals surface area contributed by atoms with Gasteiger partial charge in [0.05, 0.1) is 27.0 Å². The fourth-order valence-electron chi connectivity index (χ4n) is 3.46. The summed E-state index contributed by atoms with van der Waals surface area (Å²) in [4.78, 5) is 28.2. The molecule has 2 aromatic rings. The molecule has 1 fully saturated rings. The van der Waals surface area contributed by atoms with Crippen molar-refractivity contribution in [1.29, 1.82) is 0 Å². The first kappa shape index (κ1) is 23.9. The number of fused-ring (bicyclic) bond motifs is 1. The first-order chi connectivity index (χ1) is 14.4. The van der Waals surface area contributed by atoms with Crippen LogP contribution in [0.1, 0.15) is 40.8 Å². The third-order valence-corrected chi connectivity index (χ3v) is 5.54. The minimum absolute atomic E-state index is 0.0213. The van der Waals surface area contributed by atoms with Crippen LogP contribution in [0.5, 0.6) is 0 Å². The van der Waals surface area contributed by atoms with Crippen molar-refractivity contribution in [2.45, 2.75) is 64.7 Å². The number of anilines is 1. The van der Waals surface area contributed by atoms with Crippen LogP contribution in [0.15, 0.2) is 12.1 Å². The van der Waals surface area contributed by atoms with E-state index < -0.39 is 36.5 Å². The van der Waals surface area contributed by atoms with Crippen molar-refractivity contribution in [1.82, 2.24) is 9.55 Å². The van der Waals surface area contributed by atoms with Gasteiger partial charge in [0.2, 0.25) is 5.95 Å². The molecule has 1 saturated heterocycles. The van der Waals surface area contributed by atoms with E-state index in [9.17, 15) is 9.59 Å². The molecule has 11 heteroatoms. The van der Waals surface area contributed by atoms with Gasteiger partial charge < -0.3 is 19.5 Å². The number of nitrogens with one attached hydrogen (secondary N) is 1. The monoisotopic (exact) mass is 491 g/mol. The Kier molecular flexibility index (Phi) is 6.96. The molecule has 1 aromatic heterocycles. The van der Waals surface area contributed by atoms with E-state index in [1.54, 1.807) is 16.7 Å². The predicted octanol–water partition coefficient (Wildman–Crippen LogP) is 4.55. The van der Waals surface area contributed by atoms with Crippen molar-refractivity contribution in [3.63, 3.8) is 0 Å². The van der Waals surface area contributed by atoms with Gasteiger partial charge in [-0.05, 0) is 32.9 Å². The number of halogens is 3. The lowest BCUT2D eigenvalue weighted by molar-refractivity contribution is -0.165. The summed E-state index contributed by atoms with van der Waals surface area (Å²) in [6, 6.07) is 3.30. The van der Waals surface area contributed by atoms with Crippen LogP contribution in [0.2, 0.25) is 10.0 Å². The van der Waals surface area contributed by atoms with Crippen LogP contribution in [0.4, 0.5) is 5.95 Å². The van der Waals surface area contributed by atoms with Gasteiger partial charge in [-0.3, -0.25) is 14.2 Å². The Morgan fingerprint density at radius 3 is 2.26 bits per heavy atom. The van der Waals surface area contributed by atoms with Crippen LogP contribution in [0.3, 0.4) is 0 Å². The van der Waals surface area contributed by atoms with E-state index in [2.05, 4.69) is 10.3 Å². The first-order valence-corrected chi connectivity index (χ1v) is 10.9. The Labute approximate surface area is 195 Å². The van der Waals surface area contributed by atoms with Gasteiger partial charge in [-0.1, -0.05) is 23.2 Å². The second-order valence-corrected chi connectivity index (χ2v) is 9.43. The van der Waals surface area contributed by atoms with Gasteiger partial charge in [0.1, 0.15) is 6.10 Å². The summed E-state index contributed by atoms with van der Waals surface area (Å²) in [5.74, 6) is -0.630. The summed E-state index contributed by atoms with van der Waals surface area (Å²) in [7, 11) is 0. The molecule has 0 unspecified atom stereocenters. The second-order valence-electron chi connectivity index (χ2n) is 8.30. The number of carbonyl (C=O) groups excluding carboxylic acids is 2. The molecule has 0 bridgehead atoms. The third-order valence-electron chi connectivity index (χ3n) is 4.51. The molecule has 1 aromatic carbocycles. The average molecular weight is 493 g/mol. The zero-order valence-electron chi connectivity index (χ0n) is 17.7. The second kappa shape index (κ2) is 9.02. The number of nitrogens with zero attached hydrogens (tertiary/aromatic N) is 2. The third kappa shape index (κ3) is 5.19. The standard InChI is InChI=1S/C20H24Cl3N3O5/c1-9(27)29-16-15(8-21)31-18(17(16)30-10(2)28)26-14-7-12(23)11(22)6-13(14)24-19(26)25-20(3,4)5/h6-7,15-18H,8H2,1-5H3,(H,24,25)/t15-,16-,17-,18-/m0/s1. The van der Waals surface area contributed by atoms with Crippen molar-refractivity contribution in [2.24, 2.45) is 0 Å². The van der Waals surface area contributed by atoms with Crippen LogP contribution in [0, 0.1) is 0 Å². The number of benzene rings is 1. The fourth-order valence-corrected chi connectivity index (χ4v) is 4.03. The summed E-state index contributed by atoms with van der Waals surface area (Å²) >= 11 is 18.6. The Bertz CT molecular complexity index is 1000. The smallest absolute Gasteiger partial charge is 0.303 e. The van der Waals surface area contributed by atoms with Crippen LogP contribution >= 0.6 is 34.8 Å². The lowest BCUT2D eigenvalue weighted by Crippen LogP contribution is -2.39. The normalized spacial score (nSPS) is 23.7. The molecule has 170 valence electrons. The van der Waals surface area contributed by atoms with Crippen molar-refractivity contribution >= 4 is 63.7 Å². The molecular formula is C20H24Cl3N3O5. The summed E-state index contributed by atoms with van der Waals surface area (Å²) < 4.78 is 18.8. The lowest BCUT2D eigenvalue weighted by Gasteiger charge is -2.27. The summed E-state index contributed by atoms with van der Waals surface area (Å²) in [5.41, 5.74) is 0.799. The minimum atomic E-state index is -0.961. The van der Waals surface area contributed by atoms with Crippen LogP contribution < -0.4 is 5.32 Å². The lowest BCUT2D eigenvalue weighted by atomic mass is 10.1. The number of aromatic nitrogens is 2. The average Bonchev–Trinajstić information content (AvgIpc) is 3.11. The summed E-state index contributed by atoms with van der Waals surface area (Å²) in [6.07, 6.45) is -3.45. The van der Waals surface area contributed by atoms with Gasteiger partial charge in [0.25, 0.3) is 0 Å². The van der Waals surface area contributed by atoms with E-state index in [0.29, 0.717) is 27.0 Å². The Morgan fingerprint density at radius 1 is 1.13 bits per heavy atom. The van der Waals surface area contributed by atoms with Gasteiger partial charge in [0, 0.05) is 19.4 Å². The molecule has 8 nitrogen and oxygen atoms in total. The molecule has 0 spiro atoms. The fraction of sp³-hybridized carbons (Fsp3) is 0.550. The molecule has 0 saturated carbocycles. The molecule has 1 N–H and O–H groups in total. The number of hydrogen-bond donors (Lipinski definition) is 1. The minimum Gasteiger partial charge on any atom is -0.456 e. The molecule has 0 aliphatic carbocycles. The van der Waals surface area contributed by atoms with E-state index in [-0.39, 0.29) is 11.4 Å². The van der Waals surface area contributed by atoms with E-state index in [4.69, 9.17) is 49.0 Å². The molecule has 1 aliphatic rings. The molecule has 0 radical (unpaired) electrons. The number of ether oxygens (including phenoxy) is 3. The SMILES string of the molecule is CC(=O)O[C@@H]1[C@H](OC(C)=O)[C@@H](n2c(NC(C)(C)C)nc3cc(Cl)c(Cl)cc32)O[C@H]1CCl. The number of imidazole rings is 1. The van der Waals surface area contributed by atoms with E-state index >= 15 is 0 Å². The van der Waals surface area contributed by atoms with Crippen LogP contribution in [-0.4, -0.2) is 51.2 Å². The Balaban J connectivity index is 2.20. The molecule has 1 aliphatic heterocycles. The number of carbonyl (C=O) groups is 2. The zero-order chi connectivity index (χ0) is 23.1. The molecule has 3 rings (SSSR count). The maximum absolute atomic E-state index is 11.9. The molecule has 2 heterocycles. The van der Waals surface area contributed by atoms with Crippen molar-refractivity contribution < 1.29 is 23.8 Å². The number of hydrogen-bond acceptors (Lipinski definition) is 7. The van der Waals surface area contributed by atoms with Gasteiger partial charge in [0.15, 0.2) is 18.4 Å².